The van der Waals surface area contributed by atoms with Crippen molar-refractivity contribution in [3.8, 4) is 0 Å². The first-order valence-electron chi connectivity index (χ1n) is 8.50. The van der Waals surface area contributed by atoms with Gasteiger partial charge in [0.25, 0.3) is 0 Å². The van der Waals surface area contributed by atoms with E-state index < -0.39 is 0 Å². The van der Waals surface area contributed by atoms with Crippen LogP contribution in [0.5, 0.6) is 0 Å². The average molecular weight is 315 g/mol. The minimum atomic E-state index is 0.972. The second-order valence-electron chi connectivity index (χ2n) is 6.68. The number of hydrogen-bond acceptors (Lipinski definition) is 0. The molecule has 0 N–H and O–H groups in total. The molecular weight excluding hydrogens is 292 g/mol. The van der Waals surface area contributed by atoms with Crippen LogP contribution in [0.15, 0.2) is 36.4 Å². The Labute approximate surface area is 141 Å². The topological polar surface area (TPSA) is 0 Å². The number of rotatable bonds is 4. The van der Waals surface area contributed by atoms with Gasteiger partial charge in [-0.15, -0.1) is 0 Å². The lowest BCUT2D eigenvalue weighted by atomic mass is 9.99. The Hall–Kier alpha value is -1.86. The van der Waals surface area contributed by atoms with Crippen LogP contribution in [-0.2, 0) is 24.9 Å². The van der Waals surface area contributed by atoms with Gasteiger partial charge in [0.05, 0.1) is 0 Å². The molecule has 0 heterocycles. The van der Waals surface area contributed by atoms with Crippen molar-refractivity contribution < 1.29 is 0 Å². The standard InChI is InChI=1S/C22H22Si/c1-15-9-11-17(21-7-3-5-19(15)21)13-23-14-18-12-10-16(2)20-6-4-8-22(18)20/h3-6,9-12H,7-8,13-14H2,1-2H3. The molecule has 0 saturated carbocycles. The van der Waals surface area contributed by atoms with E-state index in [1.54, 1.807) is 22.3 Å². The van der Waals surface area contributed by atoms with Gasteiger partial charge >= 0.3 is 0 Å². The largest absolute Gasteiger partial charge is 0.0795 e. The minimum Gasteiger partial charge on any atom is -0.0795 e. The molecular formula is C22H22Si. The van der Waals surface area contributed by atoms with Gasteiger partial charge in [-0.1, -0.05) is 48.6 Å². The summed E-state index contributed by atoms with van der Waals surface area (Å²) in [5.41, 5.74) is 12.1. The summed E-state index contributed by atoms with van der Waals surface area (Å²) in [5.74, 6) is 0. The third kappa shape index (κ3) is 2.64. The molecule has 2 aliphatic carbocycles. The minimum absolute atomic E-state index is 0.972. The highest BCUT2D eigenvalue weighted by atomic mass is 28.2. The van der Waals surface area contributed by atoms with E-state index >= 15 is 0 Å². The van der Waals surface area contributed by atoms with E-state index in [1.807, 2.05) is 0 Å². The molecule has 0 nitrogen and oxygen atoms in total. The molecule has 0 spiro atoms. The maximum Gasteiger partial charge on any atom is 0.0478 e. The van der Waals surface area contributed by atoms with Crippen molar-refractivity contribution in [2.75, 3.05) is 0 Å². The zero-order valence-corrected chi connectivity index (χ0v) is 14.9. The zero-order chi connectivity index (χ0) is 15.8. The number of aryl methyl sites for hydroxylation is 2. The summed E-state index contributed by atoms with van der Waals surface area (Å²) in [5, 5.41) is 0. The highest BCUT2D eigenvalue weighted by molar-refractivity contribution is 6.34. The number of fused-ring (bicyclic) bond motifs is 2. The lowest BCUT2D eigenvalue weighted by Crippen LogP contribution is -2.07. The van der Waals surface area contributed by atoms with Gasteiger partial charge in [-0.2, -0.15) is 0 Å². The van der Waals surface area contributed by atoms with Crippen LogP contribution in [0.1, 0.15) is 44.5 Å². The van der Waals surface area contributed by atoms with Gasteiger partial charge in [0, 0.05) is 9.52 Å². The highest BCUT2D eigenvalue weighted by Gasteiger charge is 2.14. The molecule has 0 saturated heterocycles. The average Bonchev–Trinajstić information content (AvgIpc) is 3.21. The summed E-state index contributed by atoms with van der Waals surface area (Å²) >= 11 is 0. The molecule has 0 atom stereocenters. The highest BCUT2D eigenvalue weighted by Crippen LogP contribution is 2.28. The van der Waals surface area contributed by atoms with Crippen molar-refractivity contribution in [2.45, 2.75) is 38.8 Å². The van der Waals surface area contributed by atoms with Gasteiger partial charge in [0.15, 0.2) is 0 Å². The molecule has 2 aliphatic rings. The van der Waals surface area contributed by atoms with Crippen LogP contribution in [0.3, 0.4) is 0 Å². The van der Waals surface area contributed by atoms with Gasteiger partial charge in [-0.05, 0) is 83.3 Å². The molecule has 2 aromatic rings. The van der Waals surface area contributed by atoms with Crippen LogP contribution in [0, 0.1) is 13.8 Å². The van der Waals surface area contributed by atoms with E-state index in [2.05, 4.69) is 62.4 Å². The fourth-order valence-electron chi connectivity index (χ4n) is 3.85. The summed E-state index contributed by atoms with van der Waals surface area (Å²) < 4.78 is 0. The normalized spacial score (nSPS) is 14.3. The molecule has 0 aromatic heterocycles. The van der Waals surface area contributed by atoms with Crippen LogP contribution in [0.4, 0.5) is 0 Å². The SMILES string of the molecule is Cc1ccc(C[Si]Cc2ccc(C)c3c2CC=C3)c2c1C=CC2. The van der Waals surface area contributed by atoms with Crippen molar-refractivity contribution in [2.24, 2.45) is 0 Å². The van der Waals surface area contributed by atoms with Gasteiger partial charge in [-0.25, -0.2) is 0 Å². The van der Waals surface area contributed by atoms with Crippen molar-refractivity contribution >= 4 is 21.7 Å². The Bertz CT molecular complexity index is 755. The van der Waals surface area contributed by atoms with Crippen molar-refractivity contribution in [1.82, 2.24) is 0 Å². The number of benzene rings is 2. The number of allylic oxidation sites excluding steroid dienone is 2. The van der Waals surface area contributed by atoms with E-state index in [9.17, 15) is 0 Å². The Balaban J connectivity index is 1.48. The van der Waals surface area contributed by atoms with Gasteiger partial charge in [0.2, 0.25) is 0 Å². The van der Waals surface area contributed by atoms with E-state index in [0.717, 1.165) is 22.4 Å². The summed E-state index contributed by atoms with van der Waals surface area (Å²) in [7, 11) is 0.972. The molecule has 2 radical (unpaired) electrons. The molecule has 2 aromatic carbocycles. The molecule has 0 unspecified atom stereocenters. The van der Waals surface area contributed by atoms with Crippen LogP contribution >= 0.6 is 0 Å². The van der Waals surface area contributed by atoms with Crippen molar-refractivity contribution in [3.05, 3.63) is 80.9 Å². The first-order chi connectivity index (χ1) is 11.2. The molecule has 0 fully saturated rings. The van der Waals surface area contributed by atoms with Gasteiger partial charge in [-0.3, -0.25) is 0 Å². The van der Waals surface area contributed by atoms with Crippen LogP contribution in [-0.4, -0.2) is 9.52 Å². The molecule has 1 heteroatoms. The first-order valence-corrected chi connectivity index (χ1v) is 9.92. The van der Waals surface area contributed by atoms with E-state index in [1.165, 1.54) is 34.3 Å². The van der Waals surface area contributed by atoms with Crippen molar-refractivity contribution in [1.29, 1.82) is 0 Å². The first kappa shape index (κ1) is 14.7. The maximum atomic E-state index is 2.36. The Morgan fingerprint density at radius 3 is 1.70 bits per heavy atom. The molecule has 114 valence electrons. The predicted octanol–water partition coefficient (Wildman–Crippen LogP) is 4.85. The molecule has 0 amide bonds. The Morgan fingerprint density at radius 2 is 1.22 bits per heavy atom. The lowest BCUT2D eigenvalue weighted by molar-refractivity contribution is 1.16. The summed E-state index contributed by atoms with van der Waals surface area (Å²) in [6, 6.07) is 11.7. The Kier molecular flexibility index (Phi) is 3.82. The van der Waals surface area contributed by atoms with Crippen molar-refractivity contribution in [3.63, 3.8) is 0 Å². The van der Waals surface area contributed by atoms with Gasteiger partial charge in [0.1, 0.15) is 0 Å². The fraction of sp³-hybridized carbons (Fsp3) is 0.273. The van der Waals surface area contributed by atoms with Crippen LogP contribution in [0.2, 0.25) is 0 Å². The summed E-state index contributed by atoms with van der Waals surface area (Å²) in [4.78, 5) is 0. The zero-order valence-electron chi connectivity index (χ0n) is 13.9. The van der Waals surface area contributed by atoms with Crippen LogP contribution in [0.25, 0.3) is 12.2 Å². The van der Waals surface area contributed by atoms with E-state index in [-0.39, 0.29) is 0 Å². The predicted molar refractivity (Wildman–Crippen MR) is 101 cm³/mol. The number of hydrogen-bond donors (Lipinski definition) is 0. The second kappa shape index (κ2) is 5.97. The lowest BCUT2D eigenvalue weighted by Gasteiger charge is -2.13. The smallest absolute Gasteiger partial charge is 0.0478 e. The fourth-order valence-corrected chi connectivity index (χ4v) is 5.18. The van der Waals surface area contributed by atoms with E-state index in [0.29, 0.717) is 0 Å². The summed E-state index contributed by atoms with van der Waals surface area (Å²) in [6.45, 7) is 4.45. The molecule has 0 aliphatic heterocycles. The monoisotopic (exact) mass is 314 g/mol. The maximum absolute atomic E-state index is 2.36. The molecule has 23 heavy (non-hydrogen) atoms. The second-order valence-corrected chi connectivity index (χ2v) is 7.89. The molecule has 4 rings (SSSR count). The van der Waals surface area contributed by atoms with E-state index in [4.69, 9.17) is 0 Å². The molecule has 0 bridgehead atoms. The third-order valence-corrected chi connectivity index (χ3v) is 6.45. The van der Waals surface area contributed by atoms with Gasteiger partial charge < -0.3 is 0 Å². The quantitative estimate of drug-likeness (QED) is 0.708. The third-order valence-electron chi connectivity index (χ3n) is 5.19. The van der Waals surface area contributed by atoms with Crippen LogP contribution < -0.4 is 0 Å². The summed E-state index contributed by atoms with van der Waals surface area (Å²) in [6.07, 6.45) is 11.5. The Morgan fingerprint density at radius 1 is 0.739 bits per heavy atom.